The standard InChI is InChI=1S/C19H21N4O3/c20-19(24)15-5-2-7-17(21-15)23-9-3-8-22(10-11-23)12-14-4-1-6-16-18(14)26-13-25-16/h1-2,4,6-7H,3,8-13H2,(H2,20,24). The van der Waals surface area contributed by atoms with E-state index in [1.807, 2.05) is 18.2 Å². The Bertz CT molecular complexity index is 811. The second-order valence-electron chi connectivity index (χ2n) is 6.43. The zero-order valence-electron chi connectivity index (χ0n) is 14.5. The lowest BCUT2D eigenvalue weighted by molar-refractivity contribution is 0.0995. The van der Waals surface area contributed by atoms with E-state index in [4.69, 9.17) is 15.2 Å². The van der Waals surface area contributed by atoms with Crippen molar-refractivity contribution in [3.8, 4) is 11.5 Å². The summed E-state index contributed by atoms with van der Waals surface area (Å²) in [6, 6.07) is 12.4. The predicted octanol–water partition coefficient (Wildman–Crippen LogP) is 1.42. The van der Waals surface area contributed by atoms with E-state index >= 15 is 0 Å². The lowest BCUT2D eigenvalue weighted by Crippen LogP contribution is -2.31. The summed E-state index contributed by atoms with van der Waals surface area (Å²) in [6.07, 6.45) is 1.01. The molecular formula is C19H21N4O3. The van der Waals surface area contributed by atoms with E-state index < -0.39 is 5.91 Å². The van der Waals surface area contributed by atoms with Gasteiger partial charge in [0.1, 0.15) is 11.5 Å². The van der Waals surface area contributed by atoms with Gasteiger partial charge in [-0.1, -0.05) is 12.1 Å². The number of nitrogens with two attached hydrogens (primary N) is 1. The highest BCUT2D eigenvalue weighted by Crippen LogP contribution is 2.36. The number of primary amides is 1. The molecule has 2 aliphatic heterocycles. The van der Waals surface area contributed by atoms with Gasteiger partial charge in [0.2, 0.25) is 6.79 Å². The second kappa shape index (κ2) is 7.21. The fourth-order valence-electron chi connectivity index (χ4n) is 3.40. The zero-order valence-corrected chi connectivity index (χ0v) is 14.5. The van der Waals surface area contributed by atoms with Crippen LogP contribution in [0.1, 0.15) is 22.5 Å². The minimum Gasteiger partial charge on any atom is -0.454 e. The molecule has 7 heteroatoms. The lowest BCUT2D eigenvalue weighted by Gasteiger charge is -2.23. The van der Waals surface area contributed by atoms with Gasteiger partial charge >= 0.3 is 0 Å². The topological polar surface area (TPSA) is 80.9 Å². The number of nitrogens with zero attached hydrogens (tertiary/aromatic N) is 3. The van der Waals surface area contributed by atoms with E-state index in [-0.39, 0.29) is 5.69 Å². The first kappa shape index (κ1) is 16.7. The van der Waals surface area contributed by atoms with Crippen LogP contribution in [0.3, 0.4) is 0 Å². The molecule has 2 N–H and O–H groups in total. The number of ether oxygens (including phenoxy) is 2. The molecule has 1 aromatic carbocycles. The van der Waals surface area contributed by atoms with Gasteiger partial charge in [-0.2, -0.15) is 0 Å². The molecule has 26 heavy (non-hydrogen) atoms. The van der Waals surface area contributed by atoms with Gasteiger partial charge in [-0.15, -0.1) is 0 Å². The van der Waals surface area contributed by atoms with Crippen LogP contribution in [0.2, 0.25) is 0 Å². The van der Waals surface area contributed by atoms with Crippen molar-refractivity contribution in [1.82, 2.24) is 9.88 Å². The Morgan fingerprint density at radius 1 is 1.19 bits per heavy atom. The predicted molar refractivity (Wildman–Crippen MR) is 96.3 cm³/mol. The highest BCUT2D eigenvalue weighted by atomic mass is 16.7. The maximum absolute atomic E-state index is 11.3. The van der Waals surface area contributed by atoms with Crippen LogP contribution in [-0.2, 0) is 6.54 Å². The van der Waals surface area contributed by atoms with Crippen molar-refractivity contribution in [3.05, 3.63) is 47.7 Å². The molecule has 7 nitrogen and oxygen atoms in total. The molecule has 2 aliphatic rings. The van der Waals surface area contributed by atoms with Crippen molar-refractivity contribution in [2.24, 2.45) is 5.73 Å². The summed E-state index contributed by atoms with van der Waals surface area (Å²) in [5, 5.41) is 0. The monoisotopic (exact) mass is 353 g/mol. The number of rotatable bonds is 4. The number of hydrogen-bond donors (Lipinski definition) is 1. The van der Waals surface area contributed by atoms with Gasteiger partial charge < -0.3 is 20.1 Å². The largest absolute Gasteiger partial charge is 0.454 e. The Morgan fingerprint density at radius 2 is 2.12 bits per heavy atom. The maximum Gasteiger partial charge on any atom is 0.268 e. The van der Waals surface area contributed by atoms with E-state index in [9.17, 15) is 4.79 Å². The summed E-state index contributed by atoms with van der Waals surface area (Å²) < 4.78 is 11.1. The van der Waals surface area contributed by atoms with Crippen LogP contribution in [0.5, 0.6) is 11.5 Å². The molecule has 0 aliphatic carbocycles. The van der Waals surface area contributed by atoms with Crippen LogP contribution in [0.4, 0.5) is 5.82 Å². The van der Waals surface area contributed by atoms with E-state index in [0.717, 1.165) is 62.0 Å². The Morgan fingerprint density at radius 3 is 3.00 bits per heavy atom. The molecule has 1 saturated heterocycles. The third-order valence-corrected chi connectivity index (χ3v) is 4.70. The number of carbonyl (C=O) groups is 1. The van der Waals surface area contributed by atoms with Crippen LogP contribution in [-0.4, -0.2) is 48.8 Å². The first-order valence-electron chi connectivity index (χ1n) is 8.74. The normalized spacial score (nSPS) is 17.2. The summed E-state index contributed by atoms with van der Waals surface area (Å²) in [7, 11) is 0. The first-order chi connectivity index (χ1) is 12.7. The van der Waals surface area contributed by atoms with E-state index in [1.54, 1.807) is 6.07 Å². The average molecular weight is 353 g/mol. The first-order valence-corrected chi connectivity index (χ1v) is 8.74. The van der Waals surface area contributed by atoms with Gasteiger partial charge in [0.05, 0.1) is 0 Å². The molecule has 3 heterocycles. The van der Waals surface area contributed by atoms with Crippen molar-refractivity contribution in [2.45, 2.75) is 13.0 Å². The summed E-state index contributed by atoms with van der Waals surface area (Å²) in [4.78, 5) is 20.3. The van der Waals surface area contributed by atoms with Gasteiger partial charge in [0.15, 0.2) is 11.5 Å². The number of aromatic nitrogens is 1. The zero-order chi connectivity index (χ0) is 17.9. The third-order valence-electron chi connectivity index (χ3n) is 4.70. The molecule has 1 amide bonds. The second-order valence-corrected chi connectivity index (χ2v) is 6.43. The Labute approximate surface area is 152 Å². The molecule has 0 unspecified atom stereocenters. The number of hydrogen-bond acceptors (Lipinski definition) is 6. The molecule has 1 radical (unpaired) electrons. The Kier molecular flexibility index (Phi) is 4.62. The van der Waals surface area contributed by atoms with Gasteiger partial charge in [0, 0.05) is 44.4 Å². The molecule has 0 saturated carbocycles. The van der Waals surface area contributed by atoms with Gasteiger partial charge in [-0.3, -0.25) is 9.69 Å². The number of pyridine rings is 1. The van der Waals surface area contributed by atoms with Crippen LogP contribution >= 0.6 is 0 Å². The smallest absolute Gasteiger partial charge is 0.268 e. The number of benzene rings is 1. The summed E-state index contributed by atoms with van der Waals surface area (Å²) in [6.45, 7) is 4.72. The highest BCUT2D eigenvalue weighted by molar-refractivity contribution is 5.90. The number of amides is 1. The summed E-state index contributed by atoms with van der Waals surface area (Å²) in [5.41, 5.74) is 6.65. The Hall–Kier alpha value is -2.80. The molecule has 1 aromatic heterocycles. The minimum atomic E-state index is -0.552. The van der Waals surface area contributed by atoms with Crippen LogP contribution in [0.25, 0.3) is 0 Å². The number of anilines is 1. The molecule has 0 bridgehead atoms. The summed E-state index contributed by atoms with van der Waals surface area (Å²) in [5.74, 6) is 1.91. The van der Waals surface area contributed by atoms with Crippen molar-refractivity contribution in [1.29, 1.82) is 0 Å². The van der Waals surface area contributed by atoms with E-state index in [0.29, 0.717) is 6.79 Å². The SMILES string of the molecule is NC(=O)c1[c]ccc(N2CCCN(Cc3cccc4c3OCO4)CC2)n1. The molecule has 0 spiro atoms. The maximum atomic E-state index is 11.3. The van der Waals surface area contributed by atoms with Crippen molar-refractivity contribution in [3.63, 3.8) is 0 Å². The van der Waals surface area contributed by atoms with Crippen molar-refractivity contribution in [2.75, 3.05) is 37.9 Å². The molecule has 135 valence electrons. The van der Waals surface area contributed by atoms with E-state index in [2.05, 4.69) is 26.9 Å². The molecule has 1 fully saturated rings. The molecule has 2 aromatic rings. The van der Waals surface area contributed by atoms with Crippen molar-refractivity contribution >= 4 is 11.7 Å². The van der Waals surface area contributed by atoms with Gasteiger partial charge in [0.25, 0.3) is 5.91 Å². The lowest BCUT2D eigenvalue weighted by atomic mass is 10.1. The average Bonchev–Trinajstić information content (AvgIpc) is 3.02. The van der Waals surface area contributed by atoms with Crippen LogP contribution < -0.4 is 20.1 Å². The Balaban J connectivity index is 1.43. The van der Waals surface area contributed by atoms with Gasteiger partial charge in [-0.05, 0) is 24.6 Å². The molecule has 0 atom stereocenters. The fraction of sp³-hybridized carbons (Fsp3) is 0.368. The summed E-state index contributed by atoms with van der Waals surface area (Å²) >= 11 is 0. The van der Waals surface area contributed by atoms with Crippen molar-refractivity contribution < 1.29 is 14.3 Å². The highest BCUT2D eigenvalue weighted by Gasteiger charge is 2.21. The molecular weight excluding hydrogens is 332 g/mol. The van der Waals surface area contributed by atoms with Crippen LogP contribution in [0.15, 0.2) is 30.3 Å². The third kappa shape index (κ3) is 3.43. The fourth-order valence-corrected chi connectivity index (χ4v) is 3.40. The number of fused-ring (bicyclic) bond motifs is 1. The number of carbonyl (C=O) groups excluding carboxylic acids is 1. The molecule has 4 rings (SSSR count). The van der Waals surface area contributed by atoms with Crippen LogP contribution in [0, 0.1) is 6.07 Å². The van der Waals surface area contributed by atoms with Gasteiger partial charge in [-0.25, -0.2) is 4.98 Å². The number of para-hydroxylation sites is 1. The van der Waals surface area contributed by atoms with E-state index in [1.165, 1.54) is 0 Å². The quantitative estimate of drug-likeness (QED) is 0.895. The minimum absolute atomic E-state index is 0.181.